The van der Waals surface area contributed by atoms with Crippen LogP contribution in [0.15, 0.2) is 0 Å². The fourth-order valence-electron chi connectivity index (χ4n) is 3.74. The van der Waals surface area contributed by atoms with Crippen molar-refractivity contribution in [2.75, 3.05) is 26.3 Å². The van der Waals surface area contributed by atoms with Crippen molar-refractivity contribution in [2.24, 2.45) is 5.92 Å². The summed E-state index contributed by atoms with van der Waals surface area (Å²) < 4.78 is 5.39. The fourth-order valence-corrected chi connectivity index (χ4v) is 3.74. The van der Waals surface area contributed by atoms with E-state index in [1.807, 2.05) is 11.8 Å². The summed E-state index contributed by atoms with van der Waals surface area (Å²) in [4.78, 5) is 25.0. The number of nitrogens with one attached hydrogen (secondary N) is 2. The molecule has 0 bridgehead atoms. The Morgan fingerprint density at radius 1 is 1.25 bits per heavy atom. The summed E-state index contributed by atoms with van der Waals surface area (Å²) in [6.45, 7) is 6.43. The van der Waals surface area contributed by atoms with Crippen LogP contribution in [0.3, 0.4) is 0 Å². The van der Waals surface area contributed by atoms with E-state index in [-0.39, 0.29) is 30.7 Å². The second-order valence-corrected chi connectivity index (χ2v) is 6.86. The van der Waals surface area contributed by atoms with Crippen molar-refractivity contribution in [1.29, 1.82) is 0 Å². The summed E-state index contributed by atoms with van der Waals surface area (Å²) in [6.07, 6.45) is 4.58. The molecule has 1 aliphatic heterocycles. The number of hydrogen-bond acceptors (Lipinski definition) is 4. The molecule has 7 nitrogen and oxygen atoms in total. The van der Waals surface area contributed by atoms with Crippen molar-refractivity contribution < 1.29 is 19.4 Å². The van der Waals surface area contributed by atoms with E-state index < -0.39 is 5.97 Å². The lowest BCUT2D eigenvalue weighted by molar-refractivity contribution is -0.139. The van der Waals surface area contributed by atoms with Crippen LogP contribution in [0.4, 0.5) is 4.79 Å². The highest BCUT2D eigenvalue weighted by Gasteiger charge is 2.35. The first-order chi connectivity index (χ1) is 11.5. The van der Waals surface area contributed by atoms with Gasteiger partial charge in [-0.15, -0.1) is 0 Å². The zero-order chi connectivity index (χ0) is 17.5. The number of urea groups is 1. The molecule has 138 valence electrons. The van der Waals surface area contributed by atoms with Crippen molar-refractivity contribution in [3.63, 3.8) is 0 Å². The molecule has 1 saturated carbocycles. The van der Waals surface area contributed by atoms with Gasteiger partial charge in [0.2, 0.25) is 0 Å². The third kappa shape index (κ3) is 5.34. The van der Waals surface area contributed by atoms with Gasteiger partial charge >= 0.3 is 12.0 Å². The van der Waals surface area contributed by atoms with Crippen LogP contribution in [0, 0.1) is 5.92 Å². The molecule has 1 unspecified atom stereocenters. The van der Waals surface area contributed by atoms with Crippen molar-refractivity contribution in [3.05, 3.63) is 0 Å². The van der Waals surface area contributed by atoms with Gasteiger partial charge in [0.25, 0.3) is 0 Å². The molecule has 1 saturated heterocycles. The number of amides is 2. The quantitative estimate of drug-likeness (QED) is 0.621. The second kappa shape index (κ2) is 9.22. The molecular weight excluding hydrogens is 310 g/mol. The Balaban J connectivity index is 1.70. The Morgan fingerprint density at radius 2 is 1.92 bits per heavy atom. The molecule has 1 aliphatic carbocycles. The van der Waals surface area contributed by atoms with E-state index in [0.717, 1.165) is 51.9 Å². The van der Waals surface area contributed by atoms with Crippen LogP contribution in [0.2, 0.25) is 0 Å². The number of carboxylic acid groups (broad SMARTS) is 1. The highest BCUT2D eigenvalue weighted by molar-refractivity contribution is 5.74. The predicted molar refractivity (Wildman–Crippen MR) is 91.0 cm³/mol. The summed E-state index contributed by atoms with van der Waals surface area (Å²) in [5.41, 5.74) is 0. The normalized spacial score (nSPS) is 25.8. The van der Waals surface area contributed by atoms with Gasteiger partial charge in [-0.05, 0) is 44.6 Å². The van der Waals surface area contributed by atoms with E-state index in [9.17, 15) is 9.59 Å². The van der Waals surface area contributed by atoms with E-state index in [0.29, 0.717) is 5.92 Å². The molecule has 0 radical (unpaired) electrons. The number of rotatable bonds is 8. The first kappa shape index (κ1) is 19.0. The van der Waals surface area contributed by atoms with E-state index in [1.54, 1.807) is 0 Å². The molecule has 0 aromatic rings. The standard InChI is InChI=1S/C17H31N3O4/c1-3-15(12-5-7-24-8-6-12)19-17(23)18-13-9-14(10-13)20(4-2)11-16(21)22/h12-15H,3-11H2,1-2H3,(H,21,22)(H2,18,19,23). The van der Waals surface area contributed by atoms with Crippen LogP contribution in [-0.4, -0.2) is 66.4 Å². The Kier molecular flexibility index (Phi) is 7.30. The maximum absolute atomic E-state index is 12.2. The van der Waals surface area contributed by atoms with Crippen molar-refractivity contribution in [2.45, 2.75) is 64.1 Å². The van der Waals surface area contributed by atoms with Gasteiger partial charge in [0, 0.05) is 31.3 Å². The molecule has 2 aliphatic rings. The molecule has 7 heteroatoms. The van der Waals surface area contributed by atoms with Crippen LogP contribution >= 0.6 is 0 Å². The van der Waals surface area contributed by atoms with Crippen LogP contribution in [0.5, 0.6) is 0 Å². The smallest absolute Gasteiger partial charge is 0.317 e. The lowest BCUT2D eigenvalue weighted by atomic mass is 9.85. The minimum absolute atomic E-state index is 0.0712. The van der Waals surface area contributed by atoms with E-state index in [1.165, 1.54) is 0 Å². The third-order valence-corrected chi connectivity index (χ3v) is 5.30. The second-order valence-electron chi connectivity index (χ2n) is 6.86. The van der Waals surface area contributed by atoms with E-state index >= 15 is 0 Å². The highest BCUT2D eigenvalue weighted by Crippen LogP contribution is 2.26. The van der Waals surface area contributed by atoms with Gasteiger partial charge in [0.05, 0.1) is 6.54 Å². The molecule has 2 rings (SSSR count). The zero-order valence-electron chi connectivity index (χ0n) is 14.8. The van der Waals surface area contributed by atoms with E-state index in [2.05, 4.69) is 17.6 Å². The van der Waals surface area contributed by atoms with Gasteiger partial charge in [-0.3, -0.25) is 9.69 Å². The predicted octanol–water partition coefficient (Wildman–Crippen LogP) is 1.43. The van der Waals surface area contributed by atoms with E-state index in [4.69, 9.17) is 9.84 Å². The number of likely N-dealkylation sites (N-methyl/N-ethyl adjacent to an activating group) is 1. The number of hydrogen-bond donors (Lipinski definition) is 3. The third-order valence-electron chi connectivity index (χ3n) is 5.30. The van der Waals surface area contributed by atoms with Crippen LogP contribution in [0.1, 0.15) is 46.0 Å². The van der Waals surface area contributed by atoms with Crippen LogP contribution in [0.25, 0.3) is 0 Å². The summed E-state index contributed by atoms with van der Waals surface area (Å²) in [6, 6.07) is 0.501. The summed E-state index contributed by atoms with van der Waals surface area (Å²) in [5, 5.41) is 15.1. The maximum Gasteiger partial charge on any atom is 0.317 e. The molecule has 0 aromatic carbocycles. The molecular formula is C17H31N3O4. The van der Waals surface area contributed by atoms with Gasteiger partial charge in [0.1, 0.15) is 0 Å². The molecule has 2 fully saturated rings. The number of carboxylic acids is 1. The Labute approximate surface area is 144 Å². The molecule has 2 amide bonds. The Hall–Kier alpha value is -1.34. The SMILES string of the molecule is CCC(NC(=O)NC1CC(N(CC)CC(=O)O)C1)C1CCOCC1. The monoisotopic (exact) mass is 341 g/mol. The molecule has 1 heterocycles. The fraction of sp³-hybridized carbons (Fsp3) is 0.882. The maximum atomic E-state index is 12.2. The van der Waals surface area contributed by atoms with Gasteiger partial charge in [-0.1, -0.05) is 13.8 Å². The van der Waals surface area contributed by atoms with Crippen molar-refractivity contribution in [3.8, 4) is 0 Å². The highest BCUT2D eigenvalue weighted by atomic mass is 16.5. The molecule has 0 aromatic heterocycles. The van der Waals surface area contributed by atoms with Gasteiger partial charge in [0.15, 0.2) is 0 Å². The van der Waals surface area contributed by atoms with Crippen molar-refractivity contribution >= 4 is 12.0 Å². The number of carbonyl (C=O) groups excluding carboxylic acids is 1. The lowest BCUT2D eigenvalue weighted by Crippen LogP contribution is -2.57. The average Bonchev–Trinajstić information content (AvgIpc) is 2.54. The summed E-state index contributed by atoms with van der Waals surface area (Å²) >= 11 is 0. The number of carbonyl (C=O) groups is 2. The average molecular weight is 341 g/mol. The first-order valence-corrected chi connectivity index (χ1v) is 9.14. The van der Waals surface area contributed by atoms with Gasteiger partial charge in [-0.25, -0.2) is 4.79 Å². The zero-order valence-corrected chi connectivity index (χ0v) is 14.8. The topological polar surface area (TPSA) is 90.9 Å². The molecule has 24 heavy (non-hydrogen) atoms. The Morgan fingerprint density at radius 3 is 2.46 bits per heavy atom. The summed E-state index contributed by atoms with van der Waals surface area (Å²) in [5.74, 6) is -0.303. The minimum atomic E-state index is -0.798. The number of aliphatic carboxylic acids is 1. The number of nitrogens with zero attached hydrogens (tertiary/aromatic N) is 1. The number of ether oxygens (including phenoxy) is 1. The van der Waals surface area contributed by atoms with Crippen molar-refractivity contribution in [1.82, 2.24) is 15.5 Å². The molecule has 3 N–H and O–H groups in total. The van der Waals surface area contributed by atoms with Crippen LogP contribution < -0.4 is 10.6 Å². The summed E-state index contributed by atoms with van der Waals surface area (Å²) in [7, 11) is 0. The van der Waals surface area contributed by atoms with Gasteiger partial charge < -0.3 is 20.5 Å². The lowest BCUT2D eigenvalue weighted by Gasteiger charge is -2.42. The minimum Gasteiger partial charge on any atom is -0.480 e. The van der Waals surface area contributed by atoms with Crippen LogP contribution in [-0.2, 0) is 9.53 Å². The Bertz CT molecular complexity index is 420. The largest absolute Gasteiger partial charge is 0.480 e. The molecule has 1 atom stereocenters. The van der Waals surface area contributed by atoms with Gasteiger partial charge in [-0.2, -0.15) is 0 Å². The first-order valence-electron chi connectivity index (χ1n) is 9.14. The molecule has 0 spiro atoms.